The average molecular weight is 387 g/mol. The Bertz CT molecular complexity index is 1000. The molecule has 3 aromatic carbocycles. The predicted molar refractivity (Wildman–Crippen MR) is 110 cm³/mol. The SMILES string of the molecule is Cc1cccc(C(=O)NCC(=O)O[C@H](C(=O)c2ccccc2)c2ccccc2)c1. The number of nitrogens with one attached hydrogen (secondary N) is 1. The summed E-state index contributed by atoms with van der Waals surface area (Å²) in [6.07, 6.45) is -1.08. The van der Waals surface area contributed by atoms with Gasteiger partial charge in [0.2, 0.25) is 5.78 Å². The quantitative estimate of drug-likeness (QED) is 0.493. The van der Waals surface area contributed by atoms with Crippen LogP contribution < -0.4 is 5.32 Å². The van der Waals surface area contributed by atoms with Crippen LogP contribution >= 0.6 is 0 Å². The van der Waals surface area contributed by atoms with Crippen LogP contribution in [0.1, 0.15) is 37.9 Å². The van der Waals surface area contributed by atoms with E-state index in [-0.39, 0.29) is 18.2 Å². The summed E-state index contributed by atoms with van der Waals surface area (Å²) in [7, 11) is 0. The Morgan fingerprint density at radius 3 is 2.10 bits per heavy atom. The fourth-order valence-corrected chi connectivity index (χ4v) is 2.87. The van der Waals surface area contributed by atoms with E-state index >= 15 is 0 Å². The van der Waals surface area contributed by atoms with E-state index in [1.54, 1.807) is 72.8 Å². The number of carbonyl (C=O) groups excluding carboxylic acids is 3. The molecule has 1 amide bonds. The molecule has 29 heavy (non-hydrogen) atoms. The van der Waals surface area contributed by atoms with Crippen molar-refractivity contribution < 1.29 is 19.1 Å². The van der Waals surface area contributed by atoms with Gasteiger partial charge in [-0.2, -0.15) is 0 Å². The lowest BCUT2D eigenvalue weighted by atomic mass is 10.00. The molecule has 0 heterocycles. The maximum atomic E-state index is 12.9. The van der Waals surface area contributed by atoms with Crippen LogP contribution in [0, 0.1) is 6.92 Å². The number of amides is 1. The number of esters is 1. The largest absolute Gasteiger partial charge is 0.448 e. The molecule has 0 aromatic heterocycles. The van der Waals surface area contributed by atoms with E-state index in [0.717, 1.165) is 5.56 Å². The average Bonchev–Trinajstić information content (AvgIpc) is 2.76. The number of carbonyl (C=O) groups is 3. The Morgan fingerprint density at radius 1 is 0.828 bits per heavy atom. The second-order valence-electron chi connectivity index (χ2n) is 6.56. The molecule has 3 rings (SSSR count). The molecule has 0 aliphatic carbocycles. The molecule has 5 nitrogen and oxygen atoms in total. The van der Waals surface area contributed by atoms with Crippen LogP contribution in [0.2, 0.25) is 0 Å². The Morgan fingerprint density at radius 2 is 1.45 bits per heavy atom. The lowest BCUT2D eigenvalue weighted by Crippen LogP contribution is -2.32. The van der Waals surface area contributed by atoms with Gasteiger partial charge in [-0.25, -0.2) is 0 Å². The maximum absolute atomic E-state index is 12.9. The zero-order valence-corrected chi connectivity index (χ0v) is 16.0. The summed E-state index contributed by atoms with van der Waals surface area (Å²) in [5.41, 5.74) is 2.41. The number of benzene rings is 3. The summed E-state index contributed by atoms with van der Waals surface area (Å²) in [6, 6.07) is 24.5. The molecule has 0 aliphatic heterocycles. The third-order valence-electron chi connectivity index (χ3n) is 4.32. The lowest BCUT2D eigenvalue weighted by molar-refractivity contribution is -0.146. The van der Waals surface area contributed by atoms with E-state index in [1.165, 1.54) is 0 Å². The van der Waals surface area contributed by atoms with E-state index < -0.39 is 12.1 Å². The zero-order valence-electron chi connectivity index (χ0n) is 16.0. The van der Waals surface area contributed by atoms with Gasteiger partial charge < -0.3 is 10.1 Å². The second kappa shape index (κ2) is 9.46. The molecular weight excluding hydrogens is 366 g/mol. The van der Waals surface area contributed by atoms with Gasteiger partial charge >= 0.3 is 5.97 Å². The monoisotopic (exact) mass is 387 g/mol. The molecular formula is C24H21NO4. The topological polar surface area (TPSA) is 72.5 Å². The lowest BCUT2D eigenvalue weighted by Gasteiger charge is -2.17. The highest BCUT2D eigenvalue weighted by Crippen LogP contribution is 2.22. The smallest absolute Gasteiger partial charge is 0.326 e. The molecule has 146 valence electrons. The van der Waals surface area contributed by atoms with Crippen molar-refractivity contribution in [2.24, 2.45) is 0 Å². The Labute approximate surface area is 169 Å². The molecule has 0 fully saturated rings. The zero-order chi connectivity index (χ0) is 20.6. The molecule has 3 aromatic rings. The second-order valence-corrected chi connectivity index (χ2v) is 6.56. The van der Waals surface area contributed by atoms with Gasteiger partial charge in [0, 0.05) is 16.7 Å². The van der Waals surface area contributed by atoms with Crippen molar-refractivity contribution in [2.75, 3.05) is 6.54 Å². The minimum atomic E-state index is -1.08. The highest BCUT2D eigenvalue weighted by molar-refractivity contribution is 6.01. The first-order chi connectivity index (χ1) is 14.0. The molecule has 0 spiro atoms. The van der Waals surface area contributed by atoms with Gasteiger partial charge in [0.05, 0.1) is 0 Å². The Hall–Kier alpha value is -3.73. The van der Waals surface area contributed by atoms with E-state index in [2.05, 4.69) is 5.32 Å². The minimum Gasteiger partial charge on any atom is -0.448 e. The summed E-state index contributed by atoms with van der Waals surface area (Å²) in [5.74, 6) is -1.39. The van der Waals surface area contributed by atoms with Gasteiger partial charge in [0.15, 0.2) is 6.10 Å². The van der Waals surface area contributed by atoms with Crippen LogP contribution in [0.15, 0.2) is 84.9 Å². The Balaban J connectivity index is 1.70. The summed E-state index contributed by atoms with van der Waals surface area (Å²) in [4.78, 5) is 37.5. The van der Waals surface area contributed by atoms with Crippen molar-refractivity contribution >= 4 is 17.7 Å². The highest BCUT2D eigenvalue weighted by atomic mass is 16.5. The molecule has 0 radical (unpaired) electrons. The highest BCUT2D eigenvalue weighted by Gasteiger charge is 2.26. The first kappa shape index (κ1) is 20.0. The Kier molecular flexibility index (Phi) is 6.53. The number of hydrogen-bond acceptors (Lipinski definition) is 4. The summed E-state index contributed by atoms with van der Waals surface area (Å²) in [5, 5.41) is 2.54. The number of hydrogen-bond donors (Lipinski definition) is 1. The first-order valence-electron chi connectivity index (χ1n) is 9.23. The van der Waals surface area contributed by atoms with Gasteiger partial charge in [-0.3, -0.25) is 14.4 Å². The van der Waals surface area contributed by atoms with Crippen LogP contribution in [0.3, 0.4) is 0 Å². The van der Waals surface area contributed by atoms with Crippen LogP contribution in [0.5, 0.6) is 0 Å². The van der Waals surface area contributed by atoms with Crippen molar-refractivity contribution in [3.8, 4) is 0 Å². The van der Waals surface area contributed by atoms with E-state index in [9.17, 15) is 14.4 Å². The third-order valence-corrected chi connectivity index (χ3v) is 4.32. The fraction of sp³-hybridized carbons (Fsp3) is 0.125. The van der Waals surface area contributed by atoms with E-state index in [4.69, 9.17) is 4.74 Å². The first-order valence-corrected chi connectivity index (χ1v) is 9.23. The summed E-state index contributed by atoms with van der Waals surface area (Å²) >= 11 is 0. The third kappa shape index (κ3) is 5.39. The molecule has 1 atom stereocenters. The number of aryl methyl sites for hydroxylation is 1. The van der Waals surface area contributed by atoms with E-state index in [0.29, 0.717) is 16.7 Å². The van der Waals surface area contributed by atoms with Crippen molar-refractivity contribution in [1.82, 2.24) is 5.32 Å². The fourth-order valence-electron chi connectivity index (χ4n) is 2.87. The van der Waals surface area contributed by atoms with Gasteiger partial charge in [-0.1, -0.05) is 78.4 Å². The number of ether oxygens (including phenoxy) is 1. The maximum Gasteiger partial charge on any atom is 0.326 e. The standard InChI is InChI=1S/C24H21NO4/c1-17-9-8-14-20(15-17)24(28)25-16-21(26)29-23(19-12-6-3-7-13-19)22(27)18-10-4-2-5-11-18/h2-15,23H,16H2,1H3,(H,25,28)/t23-/m0/s1. The van der Waals surface area contributed by atoms with Gasteiger partial charge in [0.25, 0.3) is 5.91 Å². The molecule has 0 bridgehead atoms. The van der Waals surface area contributed by atoms with Crippen LogP contribution in [0.4, 0.5) is 0 Å². The van der Waals surface area contributed by atoms with Gasteiger partial charge in [-0.15, -0.1) is 0 Å². The molecule has 0 saturated heterocycles. The molecule has 0 aliphatic rings. The number of rotatable bonds is 7. The van der Waals surface area contributed by atoms with Crippen LogP contribution in [-0.4, -0.2) is 24.2 Å². The molecule has 0 unspecified atom stereocenters. The molecule has 0 saturated carbocycles. The van der Waals surface area contributed by atoms with E-state index in [1.807, 2.05) is 19.1 Å². The molecule has 5 heteroatoms. The van der Waals surface area contributed by atoms with Crippen molar-refractivity contribution in [3.63, 3.8) is 0 Å². The minimum absolute atomic E-state index is 0.324. The van der Waals surface area contributed by atoms with Gasteiger partial charge in [0.1, 0.15) is 6.54 Å². The van der Waals surface area contributed by atoms with Crippen LogP contribution in [0.25, 0.3) is 0 Å². The predicted octanol–water partition coefficient (Wildman–Crippen LogP) is 3.89. The molecule has 1 N–H and O–H groups in total. The van der Waals surface area contributed by atoms with Crippen molar-refractivity contribution in [1.29, 1.82) is 0 Å². The normalized spacial score (nSPS) is 11.3. The number of ketones is 1. The van der Waals surface area contributed by atoms with Crippen molar-refractivity contribution in [2.45, 2.75) is 13.0 Å². The number of Topliss-reactive ketones (excluding diaryl/α,β-unsaturated/α-hetero) is 1. The van der Waals surface area contributed by atoms with Crippen LogP contribution in [-0.2, 0) is 9.53 Å². The van der Waals surface area contributed by atoms with Gasteiger partial charge in [-0.05, 0) is 19.1 Å². The summed E-state index contributed by atoms with van der Waals surface area (Å²) in [6.45, 7) is 1.54. The van der Waals surface area contributed by atoms with Crippen molar-refractivity contribution in [3.05, 3.63) is 107 Å². The summed E-state index contributed by atoms with van der Waals surface area (Å²) < 4.78 is 5.46.